The Hall–Kier alpha value is -0.370. The Morgan fingerprint density at radius 3 is 2.57 bits per heavy atom. The Labute approximate surface area is 87.7 Å². The van der Waals surface area contributed by atoms with Crippen LogP contribution in [0, 0.1) is 0 Å². The highest BCUT2D eigenvalue weighted by Crippen LogP contribution is 1.96. The molecule has 0 aromatic heterocycles. The van der Waals surface area contributed by atoms with Gasteiger partial charge in [-0.1, -0.05) is 4.89 Å². The Morgan fingerprint density at radius 2 is 2.07 bits per heavy atom. The second-order valence-corrected chi connectivity index (χ2v) is 4.74. The lowest BCUT2D eigenvalue weighted by molar-refractivity contribution is -0.123. The van der Waals surface area contributed by atoms with Crippen LogP contribution in [-0.2, 0) is 19.7 Å². The molecule has 0 bridgehead atoms. The number of alkyl halides is 1. The Kier molecular flexibility index (Phi) is 6.81. The zero-order chi connectivity index (χ0) is 11.0. The summed E-state index contributed by atoms with van der Waals surface area (Å²) in [5.41, 5.74) is 4.73. The van der Waals surface area contributed by atoms with Crippen molar-refractivity contribution in [1.29, 1.82) is 0 Å². The molecule has 8 heteroatoms. The summed E-state index contributed by atoms with van der Waals surface area (Å²) in [4.78, 5) is 16.3. The molecule has 0 atom stereocenters. The van der Waals surface area contributed by atoms with Gasteiger partial charge in [0.15, 0.2) is 0 Å². The number of hydrogen-bond donors (Lipinski definition) is 2. The molecule has 84 valence electrons. The maximum absolute atomic E-state index is 11.1. The van der Waals surface area contributed by atoms with Gasteiger partial charge in [0, 0.05) is 5.88 Å². The lowest BCUT2D eigenvalue weighted by atomic mass is 10.4. The number of unbranched alkanes of at least 4 members (excludes halogenated alkanes) is 1. The monoisotopic (exact) mass is 244 g/mol. The number of nitrogens with one attached hydrogen (secondary N) is 1. The molecule has 0 aliphatic carbocycles. The van der Waals surface area contributed by atoms with Gasteiger partial charge in [-0.25, -0.2) is 8.42 Å². The molecule has 0 saturated carbocycles. The first-order valence-electron chi connectivity index (χ1n) is 3.93. The molecule has 0 saturated heterocycles. The van der Waals surface area contributed by atoms with E-state index >= 15 is 0 Å². The summed E-state index contributed by atoms with van der Waals surface area (Å²) >= 11 is 5.37. The lowest BCUT2D eigenvalue weighted by Crippen LogP contribution is -2.31. The van der Waals surface area contributed by atoms with E-state index in [-0.39, 0.29) is 5.75 Å². The second-order valence-electron chi connectivity index (χ2n) is 2.55. The first-order chi connectivity index (χ1) is 6.48. The highest BCUT2D eigenvalue weighted by atomic mass is 35.5. The van der Waals surface area contributed by atoms with Crippen LogP contribution >= 0.6 is 11.6 Å². The molecule has 14 heavy (non-hydrogen) atoms. The van der Waals surface area contributed by atoms with Gasteiger partial charge in [0.25, 0.3) is 0 Å². The number of carbonyl (C=O) groups is 1. The van der Waals surface area contributed by atoms with Crippen LogP contribution in [0.25, 0.3) is 0 Å². The van der Waals surface area contributed by atoms with Crippen LogP contribution in [0.4, 0.5) is 0 Å². The number of sulfonamides is 1. The van der Waals surface area contributed by atoms with E-state index in [1.54, 1.807) is 4.89 Å². The van der Waals surface area contributed by atoms with Gasteiger partial charge in [0.05, 0.1) is 5.75 Å². The molecule has 0 radical (unpaired) electrons. The number of hydrogen-bond acceptors (Lipinski definition) is 4. The van der Waals surface area contributed by atoms with Crippen molar-refractivity contribution in [3.8, 4) is 0 Å². The van der Waals surface area contributed by atoms with E-state index in [2.05, 4.69) is 4.84 Å². The Morgan fingerprint density at radius 1 is 1.43 bits per heavy atom. The van der Waals surface area contributed by atoms with Gasteiger partial charge in [0.1, 0.15) is 6.61 Å². The third kappa shape index (κ3) is 8.24. The van der Waals surface area contributed by atoms with Crippen LogP contribution in [0.3, 0.4) is 0 Å². The van der Waals surface area contributed by atoms with Gasteiger partial charge in [0.2, 0.25) is 15.9 Å². The molecule has 0 heterocycles. The summed E-state index contributed by atoms with van der Waals surface area (Å²) in [6.07, 6.45) is 1.05. The average Bonchev–Trinajstić information content (AvgIpc) is 2.03. The highest BCUT2D eigenvalue weighted by Gasteiger charge is 2.09. The summed E-state index contributed by atoms with van der Waals surface area (Å²) in [6, 6.07) is 0. The molecule has 0 spiro atoms. The van der Waals surface area contributed by atoms with Crippen molar-refractivity contribution in [1.82, 2.24) is 4.89 Å². The van der Waals surface area contributed by atoms with E-state index in [9.17, 15) is 13.2 Å². The normalized spacial score (nSPS) is 11.5. The first-order valence-corrected chi connectivity index (χ1v) is 6.12. The predicted octanol–water partition coefficient (Wildman–Crippen LogP) is -0.658. The maximum atomic E-state index is 11.1. The summed E-state index contributed by atoms with van der Waals surface area (Å²) in [5, 5.41) is 0. The minimum atomic E-state index is -3.49. The third-order valence-corrected chi connectivity index (χ3v) is 2.66. The third-order valence-electron chi connectivity index (χ3n) is 1.20. The van der Waals surface area contributed by atoms with Gasteiger partial charge >= 0.3 is 0 Å². The molecule has 0 fully saturated rings. The van der Waals surface area contributed by atoms with Crippen LogP contribution in [0.15, 0.2) is 0 Å². The molecule has 0 aromatic carbocycles. The number of carbonyl (C=O) groups excluding carboxylic acids is 1. The summed E-state index contributed by atoms with van der Waals surface area (Å²) < 4.78 is 22.1. The van der Waals surface area contributed by atoms with Crippen LogP contribution in [0.1, 0.15) is 12.8 Å². The number of amides is 1. The van der Waals surface area contributed by atoms with Crippen molar-refractivity contribution >= 4 is 27.5 Å². The number of halogens is 1. The molecule has 1 amide bonds. The van der Waals surface area contributed by atoms with Gasteiger partial charge < -0.3 is 5.73 Å². The number of primary amides is 1. The Balaban J connectivity index is 3.67. The van der Waals surface area contributed by atoms with E-state index in [1.165, 1.54) is 0 Å². The SMILES string of the molecule is NC(=O)CONS(=O)(=O)CCCCCl. The minimum absolute atomic E-state index is 0.0848. The van der Waals surface area contributed by atoms with Crippen LogP contribution in [-0.4, -0.2) is 32.6 Å². The molecule has 6 nitrogen and oxygen atoms in total. The van der Waals surface area contributed by atoms with Gasteiger partial charge in [-0.15, -0.1) is 11.6 Å². The van der Waals surface area contributed by atoms with Crippen molar-refractivity contribution in [2.45, 2.75) is 12.8 Å². The van der Waals surface area contributed by atoms with Gasteiger partial charge in [-0.05, 0) is 12.8 Å². The largest absolute Gasteiger partial charge is 0.368 e. The predicted molar refractivity (Wildman–Crippen MR) is 52.0 cm³/mol. The van der Waals surface area contributed by atoms with E-state index in [0.29, 0.717) is 18.7 Å². The molecule has 0 aliphatic heterocycles. The van der Waals surface area contributed by atoms with Crippen molar-refractivity contribution in [3.05, 3.63) is 0 Å². The molecule has 0 aliphatic rings. The zero-order valence-electron chi connectivity index (χ0n) is 7.53. The van der Waals surface area contributed by atoms with Crippen LogP contribution in [0.5, 0.6) is 0 Å². The highest BCUT2D eigenvalue weighted by molar-refractivity contribution is 7.89. The van der Waals surface area contributed by atoms with E-state index in [1.807, 2.05) is 0 Å². The van der Waals surface area contributed by atoms with Crippen LogP contribution in [0.2, 0.25) is 0 Å². The van der Waals surface area contributed by atoms with Crippen LogP contribution < -0.4 is 10.6 Å². The lowest BCUT2D eigenvalue weighted by Gasteiger charge is -2.04. The number of nitrogens with two attached hydrogens (primary N) is 1. The van der Waals surface area contributed by atoms with E-state index < -0.39 is 22.5 Å². The fraction of sp³-hybridized carbons (Fsp3) is 0.833. The van der Waals surface area contributed by atoms with E-state index in [4.69, 9.17) is 17.3 Å². The van der Waals surface area contributed by atoms with Gasteiger partial charge in [-0.2, -0.15) is 0 Å². The first kappa shape index (κ1) is 13.6. The smallest absolute Gasteiger partial charge is 0.245 e. The fourth-order valence-corrected chi connectivity index (χ4v) is 1.71. The molecule has 0 aromatic rings. The molecular formula is C6H13ClN2O4S. The Bertz CT molecular complexity index is 267. The summed E-state index contributed by atoms with van der Waals surface area (Å²) in [7, 11) is -3.49. The maximum Gasteiger partial charge on any atom is 0.245 e. The van der Waals surface area contributed by atoms with Crippen molar-refractivity contribution in [3.63, 3.8) is 0 Å². The molecular weight excluding hydrogens is 232 g/mol. The quantitative estimate of drug-likeness (QED) is 0.336. The van der Waals surface area contributed by atoms with Gasteiger partial charge in [-0.3, -0.25) is 9.63 Å². The van der Waals surface area contributed by atoms with Crippen molar-refractivity contribution in [2.75, 3.05) is 18.2 Å². The fourth-order valence-electron chi connectivity index (χ4n) is 0.619. The molecule has 3 N–H and O–H groups in total. The zero-order valence-corrected chi connectivity index (χ0v) is 9.10. The standard InChI is InChI=1S/C6H13ClN2O4S/c7-3-1-2-4-14(11,12)9-13-5-6(8)10/h9H,1-5H2,(H2,8,10). The van der Waals surface area contributed by atoms with Crippen molar-refractivity contribution < 1.29 is 18.0 Å². The molecule has 0 unspecified atom stereocenters. The summed E-state index contributed by atoms with van der Waals surface area (Å²) in [5.74, 6) is -0.413. The molecule has 0 rings (SSSR count). The second kappa shape index (κ2) is 6.99. The topological polar surface area (TPSA) is 98.5 Å². The minimum Gasteiger partial charge on any atom is -0.368 e. The average molecular weight is 245 g/mol. The van der Waals surface area contributed by atoms with Crippen molar-refractivity contribution in [2.24, 2.45) is 5.73 Å². The number of rotatable bonds is 8. The van der Waals surface area contributed by atoms with E-state index in [0.717, 1.165) is 0 Å². The summed E-state index contributed by atoms with van der Waals surface area (Å²) in [6.45, 7) is -0.477.